The Morgan fingerprint density at radius 2 is 1.67 bits per heavy atom. The van der Waals surface area contributed by atoms with E-state index < -0.39 is 0 Å². The Bertz CT molecular complexity index is 227. The molecule has 0 radical (unpaired) electrons. The third kappa shape index (κ3) is 6.90. The predicted molar refractivity (Wildman–Crippen MR) is 57.4 cm³/mol. The second-order valence-corrected chi connectivity index (χ2v) is 4.00. The molecule has 0 aliphatic rings. The quantitative estimate of drug-likeness (QED) is 0.605. The van der Waals surface area contributed by atoms with E-state index in [1.54, 1.807) is 39.9 Å². The zero-order valence-corrected chi connectivity index (χ0v) is 10.1. The van der Waals surface area contributed by atoms with E-state index in [0.29, 0.717) is 0 Å². The van der Waals surface area contributed by atoms with Crippen LogP contribution in [0.3, 0.4) is 0 Å². The molecule has 0 aliphatic heterocycles. The van der Waals surface area contributed by atoms with Gasteiger partial charge < -0.3 is 9.64 Å². The van der Waals surface area contributed by atoms with Crippen molar-refractivity contribution in [2.24, 2.45) is 0 Å². The van der Waals surface area contributed by atoms with Crippen LogP contribution in [0, 0.1) is 0 Å². The first-order valence-electron chi connectivity index (χ1n) is 4.91. The Morgan fingerprint density at radius 3 is 2.07 bits per heavy atom. The topological polar surface area (TPSA) is 49.9 Å². The number of carbonyl (C=O) groups excluding carboxylic acids is 2. The number of nitrogens with zero attached hydrogens (tertiary/aromatic N) is 2. The second kappa shape index (κ2) is 6.40. The molecule has 88 valence electrons. The summed E-state index contributed by atoms with van der Waals surface area (Å²) < 4.78 is 4.96. The lowest BCUT2D eigenvalue weighted by molar-refractivity contribution is -0.148. The van der Waals surface area contributed by atoms with Gasteiger partial charge in [0.15, 0.2) is 0 Å². The van der Waals surface area contributed by atoms with Gasteiger partial charge in [-0.2, -0.15) is 0 Å². The first kappa shape index (κ1) is 13.9. The molecule has 0 spiro atoms. The highest BCUT2D eigenvalue weighted by atomic mass is 16.5. The lowest BCUT2D eigenvalue weighted by Crippen LogP contribution is -2.37. The zero-order valence-electron chi connectivity index (χ0n) is 10.1. The van der Waals surface area contributed by atoms with Gasteiger partial charge in [0.1, 0.15) is 0 Å². The Hall–Kier alpha value is -1.10. The van der Waals surface area contributed by atoms with Gasteiger partial charge in [-0.3, -0.25) is 14.5 Å². The second-order valence-electron chi connectivity index (χ2n) is 4.00. The maximum atomic E-state index is 11.3. The first-order valence-corrected chi connectivity index (χ1v) is 4.91. The Labute approximate surface area is 91.0 Å². The predicted octanol–water partition coefficient (Wildman–Crippen LogP) is -0.0420. The van der Waals surface area contributed by atoms with Crippen molar-refractivity contribution < 1.29 is 14.3 Å². The maximum Gasteiger partial charge on any atom is 0.320 e. The third-order valence-corrected chi connectivity index (χ3v) is 1.67. The van der Waals surface area contributed by atoms with E-state index in [-0.39, 0.29) is 31.1 Å². The average molecular weight is 216 g/mol. The fourth-order valence-corrected chi connectivity index (χ4v) is 0.949. The van der Waals surface area contributed by atoms with Crippen LogP contribution in [0.1, 0.15) is 13.8 Å². The van der Waals surface area contributed by atoms with Crippen molar-refractivity contribution in [3.05, 3.63) is 0 Å². The fraction of sp³-hybridized carbons (Fsp3) is 0.800. The zero-order chi connectivity index (χ0) is 12.0. The Kier molecular flexibility index (Phi) is 5.93. The lowest BCUT2D eigenvalue weighted by Gasteiger charge is -2.18. The van der Waals surface area contributed by atoms with Gasteiger partial charge in [-0.15, -0.1) is 0 Å². The molecular formula is C10H20N2O3. The van der Waals surface area contributed by atoms with Crippen LogP contribution < -0.4 is 0 Å². The molecule has 0 saturated carbocycles. The number of amides is 1. The van der Waals surface area contributed by atoms with Crippen molar-refractivity contribution in [3.8, 4) is 0 Å². The number of ether oxygens (including phenoxy) is 1. The van der Waals surface area contributed by atoms with Gasteiger partial charge >= 0.3 is 5.97 Å². The molecule has 0 aromatic carbocycles. The summed E-state index contributed by atoms with van der Waals surface area (Å²) in [4.78, 5) is 25.6. The number of rotatable bonds is 5. The van der Waals surface area contributed by atoms with Crippen LogP contribution in [-0.2, 0) is 14.3 Å². The van der Waals surface area contributed by atoms with Crippen molar-refractivity contribution in [1.82, 2.24) is 9.80 Å². The summed E-state index contributed by atoms with van der Waals surface area (Å²) in [5.74, 6) is -0.339. The van der Waals surface area contributed by atoms with Crippen LogP contribution in [0.25, 0.3) is 0 Å². The van der Waals surface area contributed by atoms with Gasteiger partial charge in [-0.1, -0.05) is 0 Å². The molecule has 0 rings (SSSR count). The first-order chi connectivity index (χ1) is 6.82. The number of carbonyl (C=O) groups is 2. The molecule has 0 bridgehead atoms. The Morgan fingerprint density at radius 1 is 1.13 bits per heavy atom. The van der Waals surface area contributed by atoms with E-state index in [2.05, 4.69) is 0 Å². The minimum Gasteiger partial charge on any atom is -0.462 e. The van der Waals surface area contributed by atoms with Crippen LogP contribution in [0.15, 0.2) is 0 Å². The third-order valence-electron chi connectivity index (χ3n) is 1.67. The molecule has 0 heterocycles. The summed E-state index contributed by atoms with van der Waals surface area (Å²) in [6, 6.07) is 0. The molecule has 1 amide bonds. The molecule has 0 saturated heterocycles. The van der Waals surface area contributed by atoms with E-state index in [4.69, 9.17) is 4.74 Å². The fourth-order valence-electron chi connectivity index (χ4n) is 0.949. The lowest BCUT2D eigenvalue weighted by atomic mass is 10.4. The highest BCUT2D eigenvalue weighted by Crippen LogP contribution is 1.92. The average Bonchev–Trinajstić information content (AvgIpc) is 2.00. The molecule has 15 heavy (non-hydrogen) atoms. The minimum atomic E-state index is -0.306. The smallest absolute Gasteiger partial charge is 0.320 e. The van der Waals surface area contributed by atoms with Gasteiger partial charge in [0, 0.05) is 14.1 Å². The van der Waals surface area contributed by atoms with Crippen molar-refractivity contribution in [2.75, 3.05) is 34.2 Å². The Balaban J connectivity index is 3.88. The molecule has 0 atom stereocenters. The molecule has 5 nitrogen and oxygen atoms in total. The van der Waals surface area contributed by atoms with Crippen LogP contribution in [-0.4, -0.2) is 62.0 Å². The molecule has 0 aliphatic carbocycles. The minimum absolute atomic E-state index is 0.0325. The van der Waals surface area contributed by atoms with Crippen LogP contribution in [0.4, 0.5) is 0 Å². The molecule has 0 fully saturated rings. The van der Waals surface area contributed by atoms with E-state index in [0.717, 1.165) is 0 Å². The number of esters is 1. The summed E-state index contributed by atoms with van der Waals surface area (Å²) in [5.41, 5.74) is 0. The van der Waals surface area contributed by atoms with Gasteiger partial charge in [-0.25, -0.2) is 0 Å². The summed E-state index contributed by atoms with van der Waals surface area (Å²) in [7, 11) is 5.08. The largest absolute Gasteiger partial charge is 0.462 e. The number of hydrogen-bond donors (Lipinski definition) is 0. The highest BCUT2D eigenvalue weighted by Gasteiger charge is 2.13. The molecule has 0 N–H and O–H groups in total. The van der Waals surface area contributed by atoms with Crippen molar-refractivity contribution >= 4 is 11.9 Å². The molecule has 0 aromatic heterocycles. The van der Waals surface area contributed by atoms with Gasteiger partial charge in [0.25, 0.3) is 0 Å². The summed E-state index contributed by atoms with van der Waals surface area (Å²) in [6.07, 6.45) is -0.115. The molecule has 5 heteroatoms. The van der Waals surface area contributed by atoms with Crippen molar-refractivity contribution in [1.29, 1.82) is 0 Å². The molecule has 0 unspecified atom stereocenters. The van der Waals surface area contributed by atoms with Crippen LogP contribution in [0.5, 0.6) is 0 Å². The monoisotopic (exact) mass is 216 g/mol. The summed E-state index contributed by atoms with van der Waals surface area (Å²) in [5, 5.41) is 0. The van der Waals surface area contributed by atoms with Crippen molar-refractivity contribution in [3.63, 3.8) is 0 Å². The normalized spacial score (nSPS) is 10.6. The number of likely N-dealkylation sites (N-methyl/N-ethyl adjacent to an activating group) is 2. The molecular weight excluding hydrogens is 196 g/mol. The van der Waals surface area contributed by atoms with E-state index in [1.165, 1.54) is 4.90 Å². The standard InChI is InChI=1S/C10H20N2O3/c1-8(2)15-10(14)7-12(5)6-9(13)11(3)4/h8H,6-7H2,1-5H3. The maximum absolute atomic E-state index is 11.3. The van der Waals surface area contributed by atoms with E-state index >= 15 is 0 Å². The SMILES string of the molecule is CC(C)OC(=O)CN(C)CC(=O)N(C)C. The molecule has 0 aromatic rings. The van der Waals surface area contributed by atoms with Gasteiger partial charge in [0.05, 0.1) is 19.2 Å². The van der Waals surface area contributed by atoms with Crippen molar-refractivity contribution in [2.45, 2.75) is 20.0 Å². The summed E-state index contributed by atoms with van der Waals surface area (Å²) >= 11 is 0. The van der Waals surface area contributed by atoms with Gasteiger partial charge in [0.2, 0.25) is 5.91 Å². The highest BCUT2D eigenvalue weighted by molar-refractivity contribution is 5.78. The van der Waals surface area contributed by atoms with Crippen LogP contribution in [0.2, 0.25) is 0 Å². The summed E-state index contributed by atoms with van der Waals surface area (Å²) in [6.45, 7) is 3.95. The van der Waals surface area contributed by atoms with Gasteiger partial charge in [-0.05, 0) is 20.9 Å². The van der Waals surface area contributed by atoms with Crippen LogP contribution >= 0.6 is 0 Å². The number of hydrogen-bond acceptors (Lipinski definition) is 4. The van der Waals surface area contributed by atoms with E-state index in [9.17, 15) is 9.59 Å². The van der Waals surface area contributed by atoms with E-state index in [1.807, 2.05) is 0 Å².